The maximum atomic E-state index is 11.6. The zero-order valence-corrected chi connectivity index (χ0v) is 17.0. The number of hydrogen-bond acceptors (Lipinski definition) is 3. The van der Waals surface area contributed by atoms with Gasteiger partial charge in [-0.15, -0.1) is 24.0 Å². The standard InChI is InChI=1S/C18H27N5O.HI/c1-19-18(21-11-10-20-17(24)14-7-8-14)22-15-9-12-23(13-15)16-5-3-2-4-6-16;/h2-6,14-15H,7-13H2,1H3,(H,20,24)(H2,19,21,22);1H. The van der Waals surface area contributed by atoms with Crippen LogP contribution < -0.4 is 20.9 Å². The number of halogens is 1. The van der Waals surface area contributed by atoms with Gasteiger partial charge >= 0.3 is 0 Å². The van der Waals surface area contributed by atoms with Crippen molar-refractivity contribution in [3.63, 3.8) is 0 Å². The molecule has 0 radical (unpaired) electrons. The third-order valence-corrected chi connectivity index (χ3v) is 4.54. The number of nitrogens with zero attached hydrogens (tertiary/aromatic N) is 2. The number of anilines is 1. The van der Waals surface area contributed by atoms with Gasteiger partial charge in [-0.05, 0) is 31.4 Å². The van der Waals surface area contributed by atoms with Gasteiger partial charge in [0.15, 0.2) is 5.96 Å². The van der Waals surface area contributed by atoms with E-state index >= 15 is 0 Å². The van der Waals surface area contributed by atoms with E-state index < -0.39 is 0 Å². The number of para-hydroxylation sites is 1. The van der Waals surface area contributed by atoms with E-state index in [2.05, 4.69) is 50.1 Å². The van der Waals surface area contributed by atoms with Crippen molar-refractivity contribution in [3.8, 4) is 0 Å². The van der Waals surface area contributed by atoms with Crippen molar-refractivity contribution < 1.29 is 4.79 Å². The average molecular weight is 457 g/mol. The summed E-state index contributed by atoms with van der Waals surface area (Å²) in [6.45, 7) is 3.35. The average Bonchev–Trinajstić information content (AvgIpc) is 3.37. The Morgan fingerprint density at radius 1 is 1.16 bits per heavy atom. The first-order valence-corrected chi connectivity index (χ1v) is 8.81. The molecule has 7 heteroatoms. The van der Waals surface area contributed by atoms with E-state index in [4.69, 9.17) is 0 Å². The minimum absolute atomic E-state index is 0. The molecule has 1 saturated heterocycles. The van der Waals surface area contributed by atoms with Crippen molar-refractivity contribution in [2.45, 2.75) is 25.3 Å². The second-order valence-corrected chi connectivity index (χ2v) is 6.48. The Labute approximate surface area is 166 Å². The van der Waals surface area contributed by atoms with Crippen LogP contribution in [0.2, 0.25) is 0 Å². The van der Waals surface area contributed by atoms with Gasteiger partial charge in [0.2, 0.25) is 5.91 Å². The summed E-state index contributed by atoms with van der Waals surface area (Å²) < 4.78 is 0. The Bertz CT molecular complexity index is 576. The lowest BCUT2D eigenvalue weighted by Gasteiger charge is -2.20. The Hall–Kier alpha value is -1.51. The zero-order valence-electron chi connectivity index (χ0n) is 14.7. The summed E-state index contributed by atoms with van der Waals surface area (Å²) >= 11 is 0. The number of amides is 1. The minimum atomic E-state index is 0. The molecule has 2 fully saturated rings. The molecule has 3 rings (SSSR count). The van der Waals surface area contributed by atoms with Crippen LogP contribution in [0.4, 0.5) is 5.69 Å². The summed E-state index contributed by atoms with van der Waals surface area (Å²) in [5, 5.41) is 9.70. The second kappa shape index (κ2) is 9.84. The number of carbonyl (C=O) groups excluding carboxylic acids is 1. The summed E-state index contributed by atoms with van der Waals surface area (Å²) in [5.41, 5.74) is 1.27. The van der Waals surface area contributed by atoms with Crippen molar-refractivity contribution in [1.29, 1.82) is 0 Å². The molecule has 1 aliphatic carbocycles. The molecule has 1 aromatic rings. The molecule has 138 valence electrons. The van der Waals surface area contributed by atoms with Gasteiger partial charge in [-0.3, -0.25) is 9.79 Å². The van der Waals surface area contributed by atoms with Crippen LogP contribution in [0.3, 0.4) is 0 Å². The number of hydrogen-bond donors (Lipinski definition) is 3. The Morgan fingerprint density at radius 3 is 2.56 bits per heavy atom. The van der Waals surface area contributed by atoms with Crippen LogP contribution in [-0.4, -0.2) is 51.1 Å². The van der Waals surface area contributed by atoms with Gasteiger partial charge in [0.25, 0.3) is 0 Å². The first-order valence-electron chi connectivity index (χ1n) is 8.81. The molecule has 3 N–H and O–H groups in total. The molecule has 0 aromatic heterocycles. The topological polar surface area (TPSA) is 68.8 Å². The lowest BCUT2D eigenvalue weighted by Crippen LogP contribution is -2.46. The van der Waals surface area contributed by atoms with Crippen LogP contribution in [0.15, 0.2) is 35.3 Å². The van der Waals surface area contributed by atoms with Gasteiger partial charge in [0, 0.05) is 50.9 Å². The molecule has 25 heavy (non-hydrogen) atoms. The van der Waals surface area contributed by atoms with E-state index in [0.717, 1.165) is 38.3 Å². The number of carbonyl (C=O) groups is 1. The second-order valence-electron chi connectivity index (χ2n) is 6.48. The van der Waals surface area contributed by atoms with Gasteiger partial charge in [-0.1, -0.05) is 18.2 Å². The van der Waals surface area contributed by atoms with Crippen molar-refractivity contribution in [2.75, 3.05) is 38.1 Å². The fourth-order valence-corrected chi connectivity index (χ4v) is 3.00. The zero-order chi connectivity index (χ0) is 16.8. The number of aliphatic imine (C=N–C) groups is 1. The Balaban J connectivity index is 0.00000225. The van der Waals surface area contributed by atoms with Crippen molar-refractivity contribution in [2.24, 2.45) is 10.9 Å². The van der Waals surface area contributed by atoms with Crippen LogP contribution in [0.1, 0.15) is 19.3 Å². The lowest BCUT2D eigenvalue weighted by atomic mass is 10.3. The van der Waals surface area contributed by atoms with Gasteiger partial charge in [-0.25, -0.2) is 0 Å². The fraction of sp³-hybridized carbons (Fsp3) is 0.556. The summed E-state index contributed by atoms with van der Waals surface area (Å²) in [5.74, 6) is 1.26. The molecule has 1 unspecified atom stereocenters. The highest BCUT2D eigenvalue weighted by molar-refractivity contribution is 14.0. The van der Waals surface area contributed by atoms with Gasteiger partial charge < -0.3 is 20.9 Å². The van der Waals surface area contributed by atoms with E-state index in [1.165, 1.54) is 5.69 Å². The quantitative estimate of drug-likeness (QED) is 0.263. The molecular weight excluding hydrogens is 429 g/mol. The normalized spacial score (nSPS) is 20.0. The lowest BCUT2D eigenvalue weighted by molar-refractivity contribution is -0.122. The minimum Gasteiger partial charge on any atom is -0.369 e. The summed E-state index contributed by atoms with van der Waals surface area (Å²) in [6, 6.07) is 10.9. The highest BCUT2D eigenvalue weighted by atomic mass is 127. The molecule has 1 amide bonds. The maximum Gasteiger partial charge on any atom is 0.223 e. The molecule has 6 nitrogen and oxygen atoms in total. The predicted octanol–water partition coefficient (Wildman–Crippen LogP) is 1.57. The highest BCUT2D eigenvalue weighted by Gasteiger charge is 2.29. The van der Waals surface area contributed by atoms with E-state index in [1.54, 1.807) is 7.05 Å². The highest BCUT2D eigenvalue weighted by Crippen LogP contribution is 2.28. The van der Waals surface area contributed by atoms with Crippen molar-refractivity contribution in [1.82, 2.24) is 16.0 Å². The Kier molecular flexibility index (Phi) is 7.80. The molecule has 1 aliphatic heterocycles. The third-order valence-electron chi connectivity index (χ3n) is 4.54. The number of guanidine groups is 1. The third kappa shape index (κ3) is 6.05. The van der Waals surface area contributed by atoms with Crippen molar-refractivity contribution in [3.05, 3.63) is 30.3 Å². The smallest absolute Gasteiger partial charge is 0.223 e. The molecule has 1 heterocycles. The van der Waals surface area contributed by atoms with E-state index in [1.807, 2.05) is 6.07 Å². The van der Waals surface area contributed by atoms with E-state index in [-0.39, 0.29) is 35.8 Å². The molecular formula is C18H28IN5O. The molecule has 0 bridgehead atoms. The van der Waals surface area contributed by atoms with Crippen LogP contribution in [-0.2, 0) is 4.79 Å². The van der Waals surface area contributed by atoms with Gasteiger partial charge in [0.1, 0.15) is 0 Å². The summed E-state index contributed by atoms with van der Waals surface area (Å²) in [4.78, 5) is 18.2. The molecule has 0 spiro atoms. The number of nitrogens with one attached hydrogen (secondary N) is 3. The number of rotatable bonds is 6. The van der Waals surface area contributed by atoms with Crippen LogP contribution in [0, 0.1) is 5.92 Å². The van der Waals surface area contributed by atoms with E-state index in [9.17, 15) is 4.79 Å². The monoisotopic (exact) mass is 457 g/mol. The first kappa shape index (κ1) is 19.8. The van der Waals surface area contributed by atoms with E-state index in [0.29, 0.717) is 19.1 Å². The SMILES string of the molecule is CN=C(NCCNC(=O)C1CC1)NC1CCN(c2ccccc2)C1.I. The largest absolute Gasteiger partial charge is 0.369 e. The molecule has 2 aliphatic rings. The van der Waals surface area contributed by atoms with Crippen molar-refractivity contribution >= 4 is 41.5 Å². The van der Waals surface area contributed by atoms with Crippen LogP contribution in [0.25, 0.3) is 0 Å². The summed E-state index contributed by atoms with van der Waals surface area (Å²) in [7, 11) is 1.78. The summed E-state index contributed by atoms with van der Waals surface area (Å²) in [6.07, 6.45) is 3.18. The predicted molar refractivity (Wildman–Crippen MR) is 113 cm³/mol. The fourth-order valence-electron chi connectivity index (χ4n) is 3.00. The maximum absolute atomic E-state index is 11.6. The van der Waals surface area contributed by atoms with Gasteiger partial charge in [-0.2, -0.15) is 0 Å². The van der Waals surface area contributed by atoms with Gasteiger partial charge in [0.05, 0.1) is 0 Å². The molecule has 1 saturated carbocycles. The first-order chi connectivity index (χ1) is 11.8. The number of benzene rings is 1. The molecule has 1 aromatic carbocycles. The van der Waals surface area contributed by atoms with Crippen LogP contribution >= 0.6 is 24.0 Å². The molecule has 1 atom stereocenters. The van der Waals surface area contributed by atoms with Crippen LogP contribution in [0.5, 0.6) is 0 Å². The Morgan fingerprint density at radius 2 is 1.88 bits per heavy atom.